The lowest BCUT2D eigenvalue weighted by atomic mass is 9.77. The summed E-state index contributed by atoms with van der Waals surface area (Å²) < 4.78 is 0. The summed E-state index contributed by atoms with van der Waals surface area (Å²) in [7, 11) is 0. The zero-order valence-corrected chi connectivity index (χ0v) is 13.0. The first kappa shape index (κ1) is 16.0. The van der Waals surface area contributed by atoms with Gasteiger partial charge in [0.15, 0.2) is 0 Å². The molecule has 1 fully saturated rings. The maximum atomic E-state index is 11.0. The number of hydrogen-bond acceptors (Lipinski definition) is 3. The van der Waals surface area contributed by atoms with Crippen molar-refractivity contribution in [3.63, 3.8) is 0 Å². The maximum absolute atomic E-state index is 11.0. The third-order valence-electron chi connectivity index (χ3n) is 4.48. The van der Waals surface area contributed by atoms with Gasteiger partial charge in [-0.25, -0.2) is 0 Å². The lowest BCUT2D eigenvalue weighted by Gasteiger charge is -2.39. The molecule has 0 spiro atoms. The molecule has 4 nitrogen and oxygen atoms in total. The van der Waals surface area contributed by atoms with E-state index in [1.807, 2.05) is 24.3 Å². The Morgan fingerprint density at radius 2 is 1.90 bits per heavy atom. The fourth-order valence-corrected chi connectivity index (χ4v) is 2.90. The molecule has 21 heavy (non-hydrogen) atoms. The summed E-state index contributed by atoms with van der Waals surface area (Å²) in [4.78, 5) is 11.0. The summed E-state index contributed by atoms with van der Waals surface area (Å²) in [5, 5.41) is 16.0. The fraction of sp³-hybridized carbons (Fsp3) is 0.588. The van der Waals surface area contributed by atoms with Crippen molar-refractivity contribution in [3.05, 3.63) is 29.8 Å². The van der Waals surface area contributed by atoms with E-state index in [9.17, 15) is 9.90 Å². The second-order valence-electron chi connectivity index (χ2n) is 6.35. The van der Waals surface area contributed by atoms with Gasteiger partial charge < -0.3 is 15.7 Å². The smallest absolute Gasteiger partial charge is 0.221 e. The SMILES string of the molecule is CC(=O)Nc1ccc(CNC2(CO)CCC(C)CC2)cc1. The molecule has 3 N–H and O–H groups in total. The van der Waals surface area contributed by atoms with Gasteiger partial charge in [0.2, 0.25) is 5.91 Å². The van der Waals surface area contributed by atoms with Crippen molar-refractivity contribution >= 4 is 11.6 Å². The van der Waals surface area contributed by atoms with Crippen LogP contribution in [0.3, 0.4) is 0 Å². The van der Waals surface area contributed by atoms with Crippen LogP contribution in [-0.2, 0) is 11.3 Å². The topological polar surface area (TPSA) is 61.4 Å². The van der Waals surface area contributed by atoms with Crippen molar-refractivity contribution in [1.82, 2.24) is 5.32 Å². The number of rotatable bonds is 5. The van der Waals surface area contributed by atoms with Gasteiger partial charge in [0.05, 0.1) is 6.61 Å². The molecule has 1 aromatic carbocycles. The standard InChI is InChI=1S/C17H26N2O2/c1-13-7-9-17(12-20,10-8-13)18-11-15-3-5-16(6-4-15)19-14(2)21/h3-6,13,18,20H,7-12H2,1-2H3,(H,19,21). The first-order valence-electron chi connectivity index (χ1n) is 7.75. The molecule has 0 aliphatic heterocycles. The van der Waals surface area contributed by atoms with Gasteiger partial charge in [0.1, 0.15) is 0 Å². The number of carbonyl (C=O) groups is 1. The molecule has 0 saturated heterocycles. The van der Waals surface area contributed by atoms with Crippen LogP contribution in [-0.4, -0.2) is 23.2 Å². The van der Waals surface area contributed by atoms with Gasteiger partial charge >= 0.3 is 0 Å². The summed E-state index contributed by atoms with van der Waals surface area (Å²) in [6.45, 7) is 4.73. The molecule has 0 heterocycles. The van der Waals surface area contributed by atoms with Crippen LogP contribution in [0.1, 0.15) is 45.1 Å². The third kappa shape index (κ3) is 4.55. The van der Waals surface area contributed by atoms with Crippen molar-refractivity contribution in [3.8, 4) is 0 Å². The molecule has 1 aliphatic rings. The van der Waals surface area contributed by atoms with Crippen LogP contribution >= 0.6 is 0 Å². The van der Waals surface area contributed by atoms with E-state index in [-0.39, 0.29) is 18.1 Å². The highest BCUT2D eigenvalue weighted by Gasteiger charge is 2.32. The van der Waals surface area contributed by atoms with E-state index in [0.29, 0.717) is 0 Å². The van der Waals surface area contributed by atoms with E-state index in [1.54, 1.807) is 0 Å². The van der Waals surface area contributed by atoms with Crippen molar-refractivity contribution in [2.45, 2.75) is 51.6 Å². The van der Waals surface area contributed by atoms with E-state index >= 15 is 0 Å². The van der Waals surface area contributed by atoms with Crippen LogP contribution in [0.25, 0.3) is 0 Å². The highest BCUT2D eigenvalue weighted by atomic mass is 16.3. The average molecular weight is 290 g/mol. The second-order valence-corrected chi connectivity index (χ2v) is 6.35. The third-order valence-corrected chi connectivity index (χ3v) is 4.48. The van der Waals surface area contributed by atoms with Crippen LogP contribution in [0.2, 0.25) is 0 Å². The minimum atomic E-state index is -0.122. The molecule has 1 aromatic rings. The lowest BCUT2D eigenvalue weighted by Crippen LogP contribution is -2.50. The molecule has 4 heteroatoms. The molecular formula is C17H26N2O2. The van der Waals surface area contributed by atoms with Crippen LogP contribution in [0.4, 0.5) is 5.69 Å². The van der Waals surface area contributed by atoms with Gasteiger partial charge in [-0.1, -0.05) is 19.1 Å². The van der Waals surface area contributed by atoms with Gasteiger partial charge in [-0.05, 0) is 49.3 Å². The number of hydrogen-bond donors (Lipinski definition) is 3. The summed E-state index contributed by atoms with van der Waals surface area (Å²) in [6.07, 6.45) is 4.42. The van der Waals surface area contributed by atoms with Crippen LogP contribution in [0.15, 0.2) is 24.3 Å². The highest BCUT2D eigenvalue weighted by Crippen LogP contribution is 2.31. The Labute approximate surface area is 126 Å². The first-order valence-corrected chi connectivity index (χ1v) is 7.75. The van der Waals surface area contributed by atoms with Crippen molar-refractivity contribution < 1.29 is 9.90 Å². The van der Waals surface area contributed by atoms with Gasteiger partial charge in [-0.3, -0.25) is 4.79 Å². The molecular weight excluding hydrogens is 264 g/mol. The number of carbonyl (C=O) groups excluding carboxylic acids is 1. The summed E-state index contributed by atoms with van der Waals surface area (Å²) in [6, 6.07) is 7.84. The number of anilines is 1. The van der Waals surface area contributed by atoms with Gasteiger partial charge in [-0.2, -0.15) is 0 Å². The number of aliphatic hydroxyl groups excluding tert-OH is 1. The van der Waals surface area contributed by atoms with Gasteiger partial charge in [0.25, 0.3) is 0 Å². The fourth-order valence-electron chi connectivity index (χ4n) is 2.90. The first-order chi connectivity index (χ1) is 10.0. The molecule has 1 saturated carbocycles. The molecule has 1 aliphatic carbocycles. The number of aliphatic hydroxyl groups is 1. The van der Waals surface area contributed by atoms with Crippen LogP contribution < -0.4 is 10.6 Å². The Bertz CT molecular complexity index is 462. The number of benzene rings is 1. The average Bonchev–Trinajstić information content (AvgIpc) is 2.48. The normalized spacial score (nSPS) is 25.6. The Kier molecular flexibility index (Phi) is 5.37. The molecule has 0 bridgehead atoms. The molecule has 2 rings (SSSR count). The van der Waals surface area contributed by atoms with E-state index < -0.39 is 0 Å². The number of nitrogens with one attached hydrogen (secondary N) is 2. The van der Waals surface area contributed by atoms with Crippen molar-refractivity contribution in [2.24, 2.45) is 5.92 Å². The minimum absolute atomic E-state index is 0.0589. The predicted octanol–water partition coefficient (Wildman–Crippen LogP) is 2.68. The molecule has 116 valence electrons. The minimum Gasteiger partial charge on any atom is -0.394 e. The van der Waals surface area contributed by atoms with Crippen molar-refractivity contribution in [1.29, 1.82) is 0 Å². The molecule has 1 amide bonds. The van der Waals surface area contributed by atoms with E-state index in [2.05, 4.69) is 17.6 Å². The lowest BCUT2D eigenvalue weighted by molar-refractivity contribution is -0.114. The number of amides is 1. The van der Waals surface area contributed by atoms with Crippen molar-refractivity contribution in [2.75, 3.05) is 11.9 Å². The van der Waals surface area contributed by atoms with Gasteiger partial charge in [0, 0.05) is 24.7 Å². The zero-order valence-electron chi connectivity index (χ0n) is 13.0. The Hall–Kier alpha value is -1.39. The predicted molar refractivity (Wildman–Crippen MR) is 85.0 cm³/mol. The Morgan fingerprint density at radius 3 is 2.43 bits per heavy atom. The summed E-state index contributed by atoms with van der Waals surface area (Å²) in [5.41, 5.74) is 1.85. The Balaban J connectivity index is 1.90. The zero-order chi connectivity index (χ0) is 15.3. The molecule has 0 atom stereocenters. The second kappa shape index (κ2) is 7.05. The molecule has 0 aromatic heterocycles. The summed E-state index contributed by atoms with van der Waals surface area (Å²) >= 11 is 0. The monoisotopic (exact) mass is 290 g/mol. The van der Waals surface area contributed by atoms with E-state index in [0.717, 1.165) is 36.6 Å². The van der Waals surface area contributed by atoms with E-state index in [4.69, 9.17) is 0 Å². The quantitative estimate of drug-likeness (QED) is 0.781. The van der Waals surface area contributed by atoms with Crippen LogP contribution in [0, 0.1) is 5.92 Å². The molecule has 0 radical (unpaired) electrons. The Morgan fingerprint density at radius 1 is 1.29 bits per heavy atom. The van der Waals surface area contributed by atoms with Gasteiger partial charge in [-0.15, -0.1) is 0 Å². The summed E-state index contributed by atoms with van der Waals surface area (Å²) in [5.74, 6) is 0.708. The van der Waals surface area contributed by atoms with E-state index in [1.165, 1.54) is 19.8 Å². The molecule has 0 unspecified atom stereocenters. The maximum Gasteiger partial charge on any atom is 0.221 e. The largest absolute Gasteiger partial charge is 0.394 e. The van der Waals surface area contributed by atoms with Crippen LogP contribution in [0.5, 0.6) is 0 Å². The highest BCUT2D eigenvalue weighted by molar-refractivity contribution is 5.88.